The highest BCUT2D eigenvalue weighted by Gasteiger charge is 2.06. The summed E-state index contributed by atoms with van der Waals surface area (Å²) in [5, 5.41) is 0. The Morgan fingerprint density at radius 3 is 0.857 bits per heavy atom. The van der Waals surface area contributed by atoms with E-state index in [-0.39, 0.29) is 7.43 Å². The van der Waals surface area contributed by atoms with Gasteiger partial charge in [-0.2, -0.15) is 0 Å². The van der Waals surface area contributed by atoms with Crippen molar-refractivity contribution in [3.8, 4) is 0 Å². The van der Waals surface area contributed by atoms with Crippen LogP contribution < -0.4 is 0 Å². The second kappa shape index (κ2) is 15.8. The zero-order chi connectivity index (χ0) is 16.1. The topological polar surface area (TPSA) is 0 Å². The van der Waals surface area contributed by atoms with Crippen LogP contribution in [0.3, 0.4) is 0 Å². The van der Waals surface area contributed by atoms with Gasteiger partial charge in [-0.3, -0.25) is 0 Å². The molecule has 0 spiro atoms. The van der Waals surface area contributed by atoms with Gasteiger partial charge in [0, 0.05) is 28.3 Å². The van der Waals surface area contributed by atoms with Gasteiger partial charge in [-0.05, 0) is 25.7 Å². The van der Waals surface area contributed by atoms with Crippen LogP contribution in [0.15, 0.2) is 0 Å². The molecule has 0 aromatic heterocycles. The molecular weight excluding hydrogens is 392 g/mol. The molecule has 2 nitrogen and oxygen atoms in total. The molecule has 0 aliphatic rings. The smallest absolute Gasteiger partial charge is 0.0780 e. The van der Waals surface area contributed by atoms with Gasteiger partial charge >= 0.3 is 0 Å². The maximum absolute atomic E-state index is 2.75. The summed E-state index contributed by atoms with van der Waals surface area (Å²) in [5.74, 6) is 0. The summed E-state index contributed by atoms with van der Waals surface area (Å²) < 4.78 is 2.23. The molecule has 0 bridgehead atoms. The monoisotopic (exact) mass is 432 g/mol. The number of quaternary nitrogens is 2. The summed E-state index contributed by atoms with van der Waals surface area (Å²) >= 11 is 5.50. The zero-order valence-corrected chi connectivity index (χ0v) is 17.9. The SMILES string of the molecule is BrBr.C.C[N+](C)(C)CCCCCCCCCC[N+](C)(C)C. The number of rotatable bonds is 11. The molecule has 0 atom stereocenters. The highest BCUT2D eigenvalue weighted by molar-refractivity contribution is 9.93. The van der Waals surface area contributed by atoms with Crippen LogP contribution in [0.2, 0.25) is 0 Å². The van der Waals surface area contributed by atoms with E-state index >= 15 is 0 Å². The molecule has 0 N–H and O–H groups in total. The van der Waals surface area contributed by atoms with Crippen LogP contribution in [0.5, 0.6) is 0 Å². The van der Waals surface area contributed by atoms with Gasteiger partial charge in [0.1, 0.15) is 0 Å². The molecule has 0 saturated heterocycles. The lowest BCUT2D eigenvalue weighted by Crippen LogP contribution is -2.35. The van der Waals surface area contributed by atoms with E-state index in [0.717, 1.165) is 8.97 Å². The fourth-order valence-corrected chi connectivity index (χ4v) is 2.23. The van der Waals surface area contributed by atoms with Crippen molar-refractivity contribution in [1.29, 1.82) is 0 Å². The van der Waals surface area contributed by atoms with E-state index in [1.165, 1.54) is 64.5 Å². The van der Waals surface area contributed by atoms with Gasteiger partial charge in [-0.15, -0.1) is 0 Å². The van der Waals surface area contributed by atoms with Crippen LogP contribution in [0.4, 0.5) is 0 Å². The lowest BCUT2D eigenvalue weighted by atomic mass is 10.1. The first-order valence-electron chi connectivity index (χ1n) is 7.96. The van der Waals surface area contributed by atoms with Crippen molar-refractivity contribution in [3.63, 3.8) is 0 Å². The Morgan fingerprint density at radius 2 is 0.667 bits per heavy atom. The van der Waals surface area contributed by atoms with E-state index in [0.29, 0.717) is 0 Å². The summed E-state index contributed by atoms with van der Waals surface area (Å²) in [6.45, 7) is 2.65. The van der Waals surface area contributed by atoms with Crippen LogP contribution in [0.1, 0.15) is 58.8 Å². The molecule has 0 aromatic rings. The van der Waals surface area contributed by atoms with Gasteiger partial charge in [0.2, 0.25) is 0 Å². The van der Waals surface area contributed by atoms with Gasteiger partial charge in [-0.25, -0.2) is 0 Å². The summed E-state index contributed by atoms with van der Waals surface area (Å²) in [6.07, 6.45) is 11.4. The zero-order valence-electron chi connectivity index (χ0n) is 14.7. The molecule has 21 heavy (non-hydrogen) atoms. The fraction of sp³-hybridized carbons (Fsp3) is 1.00. The van der Waals surface area contributed by atoms with E-state index < -0.39 is 0 Å². The number of nitrogens with zero attached hydrogens (tertiary/aromatic N) is 2. The number of hydrogen-bond donors (Lipinski definition) is 0. The normalized spacial score (nSPS) is 11.4. The molecule has 0 saturated carbocycles. The molecule has 0 heterocycles. The van der Waals surface area contributed by atoms with Gasteiger partial charge in [0.05, 0.1) is 55.4 Å². The lowest BCUT2D eigenvalue weighted by molar-refractivity contribution is -0.870. The van der Waals surface area contributed by atoms with Crippen LogP contribution in [-0.2, 0) is 0 Å². The Balaban J connectivity index is -0.00000103. The van der Waals surface area contributed by atoms with Crippen molar-refractivity contribution in [3.05, 3.63) is 0 Å². The first-order valence-corrected chi connectivity index (χ1v) is 11.7. The molecule has 0 aromatic carbocycles. The maximum atomic E-state index is 2.75. The second-order valence-corrected chi connectivity index (χ2v) is 7.86. The van der Waals surface area contributed by atoms with Gasteiger partial charge in [0.15, 0.2) is 0 Å². The number of halogens is 2. The molecule has 0 fully saturated rings. The molecule has 0 amide bonds. The van der Waals surface area contributed by atoms with E-state index in [4.69, 9.17) is 0 Å². The fourth-order valence-electron chi connectivity index (χ4n) is 2.23. The summed E-state index contributed by atoms with van der Waals surface area (Å²) in [4.78, 5) is 0. The number of hydrogen-bond acceptors (Lipinski definition) is 0. The molecular formula is C17H42Br2N2+2. The molecule has 0 aliphatic heterocycles. The lowest BCUT2D eigenvalue weighted by Gasteiger charge is -2.23. The number of unbranched alkanes of at least 4 members (excludes halogenated alkanes) is 7. The van der Waals surface area contributed by atoms with Gasteiger partial charge in [0.25, 0.3) is 0 Å². The highest BCUT2D eigenvalue weighted by atomic mass is 80.9. The standard InChI is InChI=1S/C16H38N2.CH4.Br2/c1-17(2,3)15-13-11-9-7-8-10-12-14-16-18(4,5)6;;1-2/h7-16H2,1-6H3;1H4;/q+2;;. The van der Waals surface area contributed by atoms with Crippen LogP contribution >= 0.6 is 28.3 Å². The average Bonchev–Trinajstić information content (AvgIpc) is 2.31. The van der Waals surface area contributed by atoms with Gasteiger partial charge in [-0.1, -0.05) is 33.1 Å². The predicted molar refractivity (Wildman–Crippen MR) is 107 cm³/mol. The van der Waals surface area contributed by atoms with Crippen molar-refractivity contribution in [2.75, 3.05) is 55.4 Å². The molecule has 0 rings (SSSR count). The third kappa shape index (κ3) is 29.5. The third-order valence-corrected chi connectivity index (χ3v) is 3.41. The largest absolute Gasteiger partial charge is 0.331 e. The quantitative estimate of drug-likeness (QED) is 0.283. The van der Waals surface area contributed by atoms with E-state index in [9.17, 15) is 0 Å². The Labute approximate surface area is 151 Å². The first kappa shape index (κ1) is 26.8. The van der Waals surface area contributed by atoms with E-state index in [1.54, 1.807) is 0 Å². The maximum Gasteiger partial charge on any atom is 0.0780 e. The summed E-state index contributed by atoms with van der Waals surface area (Å²) in [7, 11) is 13.7. The third-order valence-electron chi connectivity index (χ3n) is 3.41. The van der Waals surface area contributed by atoms with Crippen LogP contribution in [0.25, 0.3) is 0 Å². The molecule has 4 heteroatoms. The minimum absolute atomic E-state index is 0. The van der Waals surface area contributed by atoms with Crippen molar-refractivity contribution < 1.29 is 8.97 Å². The molecule has 132 valence electrons. The van der Waals surface area contributed by atoms with Crippen molar-refractivity contribution in [2.45, 2.75) is 58.8 Å². The Morgan fingerprint density at radius 1 is 0.476 bits per heavy atom. The molecule has 0 unspecified atom stereocenters. The Hall–Kier alpha value is 0.880. The van der Waals surface area contributed by atoms with Crippen molar-refractivity contribution in [2.24, 2.45) is 0 Å². The van der Waals surface area contributed by atoms with E-state index in [2.05, 4.69) is 70.5 Å². The average molecular weight is 434 g/mol. The van der Waals surface area contributed by atoms with Gasteiger partial charge < -0.3 is 8.97 Å². The minimum atomic E-state index is 0. The summed E-state index contributed by atoms with van der Waals surface area (Å²) in [6, 6.07) is 0. The van der Waals surface area contributed by atoms with Crippen LogP contribution in [-0.4, -0.2) is 64.3 Å². The van der Waals surface area contributed by atoms with Crippen molar-refractivity contribution >= 4 is 28.3 Å². The Kier molecular flexibility index (Phi) is 20.1. The Bertz CT molecular complexity index is 174. The predicted octanol–water partition coefficient (Wildman–Crippen LogP) is 5.85. The first-order chi connectivity index (χ1) is 9.21. The highest BCUT2D eigenvalue weighted by Crippen LogP contribution is 2.10. The van der Waals surface area contributed by atoms with Crippen molar-refractivity contribution in [1.82, 2.24) is 0 Å². The second-order valence-electron chi connectivity index (χ2n) is 7.86. The van der Waals surface area contributed by atoms with E-state index in [1.807, 2.05) is 0 Å². The molecule has 0 radical (unpaired) electrons. The van der Waals surface area contributed by atoms with Crippen LogP contribution in [0, 0.1) is 0 Å². The summed E-state index contributed by atoms with van der Waals surface area (Å²) in [5.41, 5.74) is 0. The minimum Gasteiger partial charge on any atom is -0.331 e. The molecule has 0 aliphatic carbocycles.